The lowest BCUT2D eigenvalue weighted by atomic mass is 10.2. The molecule has 3 aromatic rings. The molecule has 0 spiro atoms. The first-order valence-electron chi connectivity index (χ1n) is 10.2. The Morgan fingerprint density at radius 1 is 1.09 bits per heavy atom. The molecule has 8 heteroatoms. The molecule has 0 bridgehead atoms. The average Bonchev–Trinajstić information content (AvgIpc) is 2.80. The smallest absolute Gasteiger partial charge is 0.300 e. The third-order valence-electron chi connectivity index (χ3n) is 4.66. The summed E-state index contributed by atoms with van der Waals surface area (Å²) < 4.78 is 5.44. The number of morpholine rings is 1. The first-order valence-corrected chi connectivity index (χ1v) is 11.1. The maximum absolute atomic E-state index is 11.7. The molecule has 32 heavy (non-hydrogen) atoms. The van der Waals surface area contributed by atoms with Gasteiger partial charge < -0.3 is 20.3 Å². The molecule has 1 fully saturated rings. The van der Waals surface area contributed by atoms with Crippen molar-refractivity contribution in [2.45, 2.75) is 16.8 Å². The van der Waals surface area contributed by atoms with E-state index < -0.39 is 0 Å². The number of hydrogen-bond acceptors (Lipinski definition) is 7. The molecule has 2 N–H and O–H groups in total. The number of anilines is 4. The lowest BCUT2D eigenvalue weighted by molar-refractivity contribution is -0.111. The first kappa shape index (κ1) is 21.7. The lowest BCUT2D eigenvalue weighted by Crippen LogP contribution is -2.36. The number of amides is 1. The summed E-state index contributed by atoms with van der Waals surface area (Å²) in [6.07, 6.45) is 1.73. The second-order valence-electron chi connectivity index (χ2n) is 6.95. The van der Waals surface area contributed by atoms with Crippen molar-refractivity contribution in [3.05, 3.63) is 60.8 Å². The molecule has 1 aliphatic rings. The molecule has 0 radical (unpaired) electrons. The molecule has 2 heterocycles. The van der Waals surface area contributed by atoms with Crippen LogP contribution in [0.3, 0.4) is 0 Å². The third kappa shape index (κ3) is 6.00. The third-order valence-corrected chi connectivity index (χ3v) is 5.59. The second kappa shape index (κ2) is 10.7. The molecule has 1 amide bonds. The minimum absolute atomic E-state index is 0.331. The van der Waals surface area contributed by atoms with Crippen LogP contribution < -0.4 is 15.5 Å². The largest absolute Gasteiger partial charge is 0.378 e. The van der Waals surface area contributed by atoms with Gasteiger partial charge in [0.05, 0.1) is 13.2 Å². The molecule has 2 aromatic carbocycles. The maximum atomic E-state index is 11.7. The van der Waals surface area contributed by atoms with Crippen molar-refractivity contribution in [3.63, 3.8) is 0 Å². The molecule has 1 aromatic heterocycles. The molecular formula is C24H23N5O2S. The van der Waals surface area contributed by atoms with Gasteiger partial charge in [-0.05, 0) is 55.3 Å². The zero-order valence-corrected chi connectivity index (χ0v) is 18.5. The van der Waals surface area contributed by atoms with Gasteiger partial charge in [0, 0.05) is 41.2 Å². The monoisotopic (exact) mass is 445 g/mol. The van der Waals surface area contributed by atoms with Gasteiger partial charge in [-0.3, -0.25) is 4.79 Å². The topological polar surface area (TPSA) is 79.4 Å². The molecule has 0 atom stereocenters. The zero-order chi connectivity index (χ0) is 22.2. The number of rotatable bonds is 6. The number of benzene rings is 2. The predicted molar refractivity (Wildman–Crippen MR) is 127 cm³/mol. The van der Waals surface area contributed by atoms with Crippen LogP contribution in [-0.4, -0.2) is 42.2 Å². The molecule has 1 saturated heterocycles. The lowest BCUT2D eigenvalue weighted by Gasteiger charge is -2.29. The Bertz CT molecular complexity index is 1150. The Labute approximate surface area is 191 Å². The van der Waals surface area contributed by atoms with Crippen LogP contribution >= 0.6 is 11.8 Å². The van der Waals surface area contributed by atoms with Crippen LogP contribution in [0.2, 0.25) is 0 Å². The second-order valence-corrected chi connectivity index (χ2v) is 8.05. The number of carbonyl (C=O) groups is 1. The fourth-order valence-corrected chi connectivity index (χ4v) is 4.06. The van der Waals surface area contributed by atoms with Gasteiger partial charge in [-0.25, -0.2) is 9.97 Å². The van der Waals surface area contributed by atoms with Gasteiger partial charge in [-0.15, -0.1) is 0 Å². The Morgan fingerprint density at radius 3 is 2.75 bits per heavy atom. The molecule has 0 aliphatic carbocycles. The van der Waals surface area contributed by atoms with E-state index in [0.717, 1.165) is 47.6 Å². The van der Waals surface area contributed by atoms with Gasteiger partial charge in [0.2, 0.25) is 5.95 Å². The molecule has 162 valence electrons. The first-order chi connectivity index (χ1) is 15.7. The van der Waals surface area contributed by atoms with E-state index in [1.54, 1.807) is 13.1 Å². The molecule has 0 unspecified atom stereocenters. The number of carbonyl (C=O) groups excluding carboxylic acids is 1. The van der Waals surface area contributed by atoms with Crippen molar-refractivity contribution in [2.24, 2.45) is 0 Å². The van der Waals surface area contributed by atoms with Crippen molar-refractivity contribution >= 4 is 40.7 Å². The highest BCUT2D eigenvalue weighted by molar-refractivity contribution is 7.99. The number of hydrogen-bond donors (Lipinski definition) is 2. The zero-order valence-electron chi connectivity index (χ0n) is 17.7. The van der Waals surface area contributed by atoms with E-state index in [2.05, 4.69) is 49.5 Å². The van der Waals surface area contributed by atoms with Crippen molar-refractivity contribution in [1.29, 1.82) is 0 Å². The summed E-state index contributed by atoms with van der Waals surface area (Å²) in [5.74, 6) is 5.26. The molecule has 4 rings (SSSR count). The van der Waals surface area contributed by atoms with Gasteiger partial charge in [-0.2, -0.15) is 0 Å². The molecule has 1 aliphatic heterocycles. The van der Waals surface area contributed by atoms with Crippen LogP contribution in [0.5, 0.6) is 0 Å². The van der Waals surface area contributed by atoms with Crippen LogP contribution in [0.1, 0.15) is 6.92 Å². The fourth-order valence-electron chi connectivity index (χ4n) is 3.22. The Hall–Kier alpha value is -3.54. The molecule has 7 nitrogen and oxygen atoms in total. The fraction of sp³-hybridized carbons (Fsp3) is 0.208. The van der Waals surface area contributed by atoms with E-state index in [0.29, 0.717) is 11.6 Å². The van der Waals surface area contributed by atoms with Gasteiger partial charge in [0.1, 0.15) is 5.03 Å². The minimum atomic E-state index is -0.331. The summed E-state index contributed by atoms with van der Waals surface area (Å²) in [6, 6.07) is 17.6. The van der Waals surface area contributed by atoms with Gasteiger partial charge in [-0.1, -0.05) is 29.8 Å². The highest BCUT2D eigenvalue weighted by atomic mass is 32.2. The number of nitrogens with zero attached hydrogens (tertiary/aromatic N) is 3. The van der Waals surface area contributed by atoms with E-state index in [4.69, 9.17) is 4.74 Å². The summed E-state index contributed by atoms with van der Waals surface area (Å²) in [6.45, 7) is 4.90. The average molecular weight is 446 g/mol. The van der Waals surface area contributed by atoms with Gasteiger partial charge >= 0.3 is 0 Å². The van der Waals surface area contributed by atoms with E-state index >= 15 is 0 Å². The highest BCUT2D eigenvalue weighted by Gasteiger charge is 2.12. The normalized spacial score (nSPS) is 13.1. The van der Waals surface area contributed by atoms with Crippen LogP contribution in [0.25, 0.3) is 0 Å². The molecular weight excluding hydrogens is 422 g/mol. The number of ether oxygens (including phenoxy) is 1. The van der Waals surface area contributed by atoms with Gasteiger partial charge in [0.25, 0.3) is 5.91 Å². The Kier molecular flexibility index (Phi) is 7.23. The summed E-state index contributed by atoms with van der Waals surface area (Å²) in [4.78, 5) is 23.9. The van der Waals surface area contributed by atoms with Crippen LogP contribution in [0.4, 0.5) is 23.0 Å². The van der Waals surface area contributed by atoms with Crippen LogP contribution in [0.15, 0.2) is 70.7 Å². The summed E-state index contributed by atoms with van der Waals surface area (Å²) in [7, 11) is 0. The summed E-state index contributed by atoms with van der Waals surface area (Å²) in [5, 5.41) is 6.85. The van der Waals surface area contributed by atoms with E-state index in [1.165, 1.54) is 11.8 Å². The van der Waals surface area contributed by atoms with Crippen molar-refractivity contribution in [3.8, 4) is 11.8 Å². The van der Waals surface area contributed by atoms with E-state index in [-0.39, 0.29) is 5.91 Å². The minimum Gasteiger partial charge on any atom is -0.378 e. The number of aromatic nitrogens is 2. The van der Waals surface area contributed by atoms with Crippen molar-refractivity contribution in [2.75, 3.05) is 41.8 Å². The molecule has 0 saturated carbocycles. The van der Waals surface area contributed by atoms with Crippen LogP contribution in [-0.2, 0) is 9.53 Å². The summed E-state index contributed by atoms with van der Waals surface area (Å²) in [5.41, 5.74) is 2.77. The number of nitrogens with one attached hydrogen (secondary N) is 2. The van der Waals surface area contributed by atoms with Crippen molar-refractivity contribution < 1.29 is 9.53 Å². The Balaban J connectivity index is 1.44. The standard InChI is InChI=1S/C24H23N5O2S/c1-2-5-22(30)26-19-7-4-9-21(17-19)32-23-10-11-25-24(28-23)27-18-6-3-8-20(16-18)29-12-14-31-15-13-29/h3-4,6-11,16-17H,12-15H2,1H3,(H,26,30)(H,25,27,28). The van der Waals surface area contributed by atoms with Crippen molar-refractivity contribution in [1.82, 2.24) is 9.97 Å². The Morgan fingerprint density at radius 2 is 1.91 bits per heavy atom. The van der Waals surface area contributed by atoms with Gasteiger partial charge in [0.15, 0.2) is 0 Å². The quantitative estimate of drug-likeness (QED) is 0.435. The summed E-state index contributed by atoms with van der Waals surface area (Å²) >= 11 is 1.49. The SMILES string of the molecule is CC#CC(=O)Nc1cccc(Sc2ccnc(Nc3cccc(N4CCOCC4)c3)n2)c1. The predicted octanol–water partition coefficient (Wildman–Crippen LogP) is 4.17. The van der Waals surface area contributed by atoms with E-state index in [1.807, 2.05) is 42.5 Å². The highest BCUT2D eigenvalue weighted by Crippen LogP contribution is 2.29. The van der Waals surface area contributed by atoms with E-state index in [9.17, 15) is 4.79 Å². The maximum Gasteiger partial charge on any atom is 0.300 e. The van der Waals surface area contributed by atoms with Crippen LogP contribution in [0, 0.1) is 11.8 Å².